The lowest BCUT2D eigenvalue weighted by Crippen LogP contribution is -2.51. The van der Waals surface area contributed by atoms with Gasteiger partial charge in [0.15, 0.2) is 39.2 Å². The highest BCUT2D eigenvalue weighted by Gasteiger charge is 2.30. The van der Waals surface area contributed by atoms with Crippen LogP contribution in [0.1, 0.15) is 76.3 Å². The first-order valence-electron chi connectivity index (χ1n) is 36.4. The number of aromatic nitrogens is 4. The average Bonchev–Trinajstić information content (AvgIpc) is 1.44. The summed E-state index contributed by atoms with van der Waals surface area (Å²) in [4.78, 5) is 90.4. The molecule has 0 bridgehead atoms. The van der Waals surface area contributed by atoms with Gasteiger partial charge in [0, 0.05) is 78.8 Å². The highest BCUT2D eigenvalue weighted by Crippen LogP contribution is 2.39. The molecule has 3 aromatic heterocycles. The Hall–Kier alpha value is -9.19. The molecule has 1 unspecified atom stereocenters. The zero-order valence-corrected chi connectivity index (χ0v) is 64.5. The summed E-state index contributed by atoms with van der Waals surface area (Å²) >= 11 is 2.81. The molecule has 0 fully saturated rings. The van der Waals surface area contributed by atoms with Crippen LogP contribution in [0.2, 0.25) is 0 Å². The van der Waals surface area contributed by atoms with Crippen molar-refractivity contribution in [2.24, 2.45) is 11.7 Å². The van der Waals surface area contributed by atoms with Gasteiger partial charge in [-0.15, -0.1) is 21.5 Å². The number of carbonyl (C=O) groups excluding carboxylic acids is 5. The summed E-state index contributed by atoms with van der Waals surface area (Å²) < 4.78 is 77.6. The SMILES string of the molecule is COCCOCCOCCOCCOCCOCCOCCOCCN/C=C(\N)COCc1cc(NC(=O)CNC(=O)C(NC(=O)CCOCCN2C(=O)C=CC2=O)C(C)C)ccc1CN(C)CC#Cc1ccc(OCCCc2sc(N3CCCc4c3nnc(Nc3nc5ccccc5s3)c4C)nc2C(=O)O)c(F)c1. The van der Waals surface area contributed by atoms with Crippen LogP contribution in [0, 0.1) is 30.5 Å². The maximum atomic E-state index is 15.6. The van der Waals surface area contributed by atoms with Crippen LogP contribution in [-0.4, -0.2) is 249 Å². The van der Waals surface area contributed by atoms with Crippen LogP contribution in [0.15, 0.2) is 84.7 Å². The van der Waals surface area contributed by atoms with Crippen molar-refractivity contribution in [2.45, 2.75) is 72.1 Å². The third-order valence-corrected chi connectivity index (χ3v) is 18.8. The van der Waals surface area contributed by atoms with E-state index < -0.39 is 53.9 Å². The number of methoxy groups -OCH3 is 1. The normalized spacial score (nSPS) is 13.1. The van der Waals surface area contributed by atoms with Gasteiger partial charge in [0.1, 0.15) is 6.04 Å². The molecule has 0 spiro atoms. The predicted octanol–water partition coefficient (Wildman–Crippen LogP) is 6.21. The largest absolute Gasteiger partial charge is 0.491 e. The Labute approximate surface area is 647 Å². The highest BCUT2D eigenvalue weighted by atomic mass is 32.1. The zero-order valence-electron chi connectivity index (χ0n) is 62.9. The summed E-state index contributed by atoms with van der Waals surface area (Å²) in [6.45, 7) is 14.0. The van der Waals surface area contributed by atoms with E-state index in [2.05, 4.69) is 58.6 Å². The number of rotatable bonds is 53. The van der Waals surface area contributed by atoms with Crippen LogP contribution >= 0.6 is 22.7 Å². The molecule has 6 aromatic rings. The van der Waals surface area contributed by atoms with E-state index >= 15 is 4.39 Å². The Balaban J connectivity index is 0.766. The first-order valence-corrected chi connectivity index (χ1v) is 38.1. The molecular formula is C76H100FN13O18S2. The summed E-state index contributed by atoms with van der Waals surface area (Å²) in [6.07, 6.45) is 6.18. The van der Waals surface area contributed by atoms with E-state index in [0.717, 1.165) is 44.6 Å². The molecule has 0 saturated heterocycles. The van der Waals surface area contributed by atoms with E-state index in [1.165, 1.54) is 47.0 Å². The van der Waals surface area contributed by atoms with Crippen LogP contribution in [0.25, 0.3) is 10.2 Å². The molecule has 31 nitrogen and oxygen atoms in total. The second-order valence-electron chi connectivity index (χ2n) is 25.5. The number of thiazole rings is 2. The molecule has 0 aliphatic carbocycles. The number of aromatic carboxylic acids is 1. The number of imide groups is 1. The molecule has 34 heteroatoms. The standard InChI is InChI=1S/C76H100FN13O18S2/c1-52(2)69(83-65(91)22-28-99-30-26-89-67(93)20-21-68(89)94)73(95)80-48-66(92)81-58-18-17-55(56(46-58)50-107-51-57(78)47-79-23-29-100-33-34-102-37-38-104-41-42-106-44-43-105-40-39-103-36-35-101-32-31-98-5)49-88(4)24-8-11-54-16-19-62(60(77)45-54)108-27-10-15-64-70(74(96)97)84-76(110-64)90-25-9-12-59-53(3)71(86-87-72(59)90)85-75-82-61-13-6-7-14-63(61)109-75/h6-7,13-14,16-21,45-47,52,69,79H,9-10,12,15,22-44,48-51,78H2,1-5H3,(H,80,95)(H,81,92)(H,83,91)(H,96,97)(H,82,85,86)/b57-47-. The lowest BCUT2D eigenvalue weighted by molar-refractivity contribution is -0.138. The minimum absolute atomic E-state index is 0.0155. The lowest BCUT2D eigenvalue weighted by atomic mass is 10.0. The summed E-state index contributed by atoms with van der Waals surface area (Å²) in [6, 6.07) is 16.7. The van der Waals surface area contributed by atoms with Crippen LogP contribution < -0.4 is 42.0 Å². The maximum Gasteiger partial charge on any atom is 0.355 e. The Morgan fingerprint density at radius 1 is 0.773 bits per heavy atom. The van der Waals surface area contributed by atoms with Crippen molar-refractivity contribution < 1.29 is 90.4 Å². The van der Waals surface area contributed by atoms with E-state index in [-0.39, 0.29) is 69.9 Å². The fraction of sp³-hybridized carbons (Fsp3) is 0.500. The van der Waals surface area contributed by atoms with Crippen molar-refractivity contribution in [3.8, 4) is 17.6 Å². The molecule has 8 rings (SSSR count). The molecule has 596 valence electrons. The molecule has 2 aliphatic heterocycles. The van der Waals surface area contributed by atoms with Crippen LogP contribution in [0.5, 0.6) is 5.75 Å². The van der Waals surface area contributed by atoms with Crippen molar-refractivity contribution in [1.29, 1.82) is 0 Å². The third kappa shape index (κ3) is 29.6. The Morgan fingerprint density at radius 3 is 2.11 bits per heavy atom. The lowest BCUT2D eigenvalue weighted by Gasteiger charge is -2.28. The van der Waals surface area contributed by atoms with E-state index in [1.807, 2.05) is 54.1 Å². The molecule has 0 saturated carbocycles. The number of aryl methyl sites for hydroxylation is 1. The van der Waals surface area contributed by atoms with Crippen LogP contribution in [-0.2, 0) is 97.3 Å². The Morgan fingerprint density at radius 2 is 1.45 bits per heavy atom. The number of ether oxygens (including phenoxy) is 11. The number of benzene rings is 3. The number of hydrogen-bond donors (Lipinski definition) is 7. The van der Waals surface area contributed by atoms with E-state index in [9.17, 15) is 33.9 Å². The van der Waals surface area contributed by atoms with Gasteiger partial charge in [0.05, 0.1) is 168 Å². The number of halogens is 1. The van der Waals surface area contributed by atoms with Crippen molar-refractivity contribution in [3.05, 3.63) is 129 Å². The van der Waals surface area contributed by atoms with E-state index in [0.29, 0.717) is 181 Å². The number of anilines is 5. The van der Waals surface area contributed by atoms with Gasteiger partial charge in [-0.3, -0.25) is 33.8 Å². The third-order valence-electron chi connectivity index (χ3n) is 16.7. The first-order chi connectivity index (χ1) is 53.4. The smallest absolute Gasteiger partial charge is 0.355 e. The summed E-state index contributed by atoms with van der Waals surface area (Å²) in [5.74, 6) is 2.89. The summed E-state index contributed by atoms with van der Waals surface area (Å²) in [5.41, 5.74) is 11.9. The molecule has 1 atom stereocenters. The second-order valence-corrected chi connectivity index (χ2v) is 27.6. The predicted molar refractivity (Wildman–Crippen MR) is 411 cm³/mol. The molecule has 8 N–H and O–H groups in total. The van der Waals surface area contributed by atoms with Gasteiger partial charge >= 0.3 is 5.97 Å². The number of nitrogens with one attached hydrogen (secondary N) is 5. The number of carbonyl (C=O) groups is 6. The minimum atomic E-state index is -1.15. The van der Waals surface area contributed by atoms with Crippen LogP contribution in [0.3, 0.4) is 0 Å². The minimum Gasteiger partial charge on any atom is -0.491 e. The Bertz CT molecular complexity index is 4030. The van der Waals surface area contributed by atoms with E-state index in [4.69, 9.17) is 57.8 Å². The van der Waals surface area contributed by atoms with Gasteiger partial charge in [-0.25, -0.2) is 19.2 Å². The van der Waals surface area contributed by atoms with Gasteiger partial charge in [-0.05, 0) is 99.2 Å². The van der Waals surface area contributed by atoms with Gasteiger partial charge in [-0.1, -0.05) is 55.2 Å². The van der Waals surface area contributed by atoms with Crippen molar-refractivity contribution >= 4 is 96.0 Å². The summed E-state index contributed by atoms with van der Waals surface area (Å²) in [7, 11) is 3.50. The average molecular weight is 1570 g/mol. The van der Waals surface area contributed by atoms with Crippen LogP contribution in [0.4, 0.5) is 32.0 Å². The number of nitrogens with two attached hydrogens (primary N) is 1. The molecule has 2 aliphatic rings. The van der Waals surface area contributed by atoms with Gasteiger partial charge in [0.2, 0.25) is 17.7 Å². The van der Waals surface area contributed by atoms with Gasteiger partial charge in [0.25, 0.3) is 11.8 Å². The number of nitrogens with zero attached hydrogens (tertiary/aromatic N) is 7. The summed E-state index contributed by atoms with van der Waals surface area (Å²) in [5, 5.41) is 35.2. The first kappa shape index (κ1) is 86.4. The number of carboxylic acid groups (broad SMARTS) is 1. The highest BCUT2D eigenvalue weighted by molar-refractivity contribution is 7.22. The number of fused-ring (bicyclic) bond motifs is 2. The molecule has 5 amide bonds. The number of carboxylic acids is 1. The zero-order chi connectivity index (χ0) is 78.2. The van der Waals surface area contributed by atoms with E-state index in [1.54, 1.807) is 45.4 Å². The molecule has 5 heterocycles. The topological polar surface area (TPSA) is 372 Å². The fourth-order valence-electron chi connectivity index (χ4n) is 11.0. The van der Waals surface area contributed by atoms with Crippen molar-refractivity contribution in [3.63, 3.8) is 0 Å². The number of hydrogen-bond acceptors (Lipinski definition) is 28. The molecule has 3 aromatic carbocycles. The molecule has 110 heavy (non-hydrogen) atoms. The van der Waals surface area contributed by atoms with Gasteiger partial charge < -0.3 is 94.4 Å². The monoisotopic (exact) mass is 1570 g/mol. The van der Waals surface area contributed by atoms with Crippen molar-refractivity contribution in [1.82, 2.24) is 45.9 Å². The number of amides is 5. The molecule has 0 radical (unpaired) electrons. The van der Waals surface area contributed by atoms with Gasteiger partial charge in [-0.2, -0.15) is 0 Å². The second kappa shape index (κ2) is 47.8. The fourth-order valence-corrected chi connectivity index (χ4v) is 13.0. The quantitative estimate of drug-likeness (QED) is 0.0127. The Kier molecular flexibility index (Phi) is 37.5. The van der Waals surface area contributed by atoms with Crippen molar-refractivity contribution in [2.75, 3.05) is 188 Å². The maximum absolute atomic E-state index is 15.6. The molecular weight excluding hydrogens is 1470 g/mol. The number of para-hydroxylation sites is 1.